The van der Waals surface area contributed by atoms with E-state index in [0.717, 1.165) is 12.3 Å². The summed E-state index contributed by atoms with van der Waals surface area (Å²) in [6, 6.07) is 2.41. The number of aliphatic hydroxyl groups excluding tert-OH is 1. The molecule has 0 bridgehead atoms. The monoisotopic (exact) mass is 294 g/mol. The number of aromatic nitrogens is 1. The van der Waals surface area contributed by atoms with Gasteiger partial charge < -0.3 is 5.11 Å². The highest BCUT2D eigenvalue weighted by molar-refractivity contribution is 9.10. The molecule has 0 fully saturated rings. The molecule has 0 saturated heterocycles. The Hall–Kier alpha value is -1.13. The van der Waals surface area contributed by atoms with Gasteiger partial charge in [0, 0.05) is 10.7 Å². The molecule has 0 aliphatic heterocycles. The Labute approximate surface area is 97.7 Å². The van der Waals surface area contributed by atoms with Gasteiger partial charge in [0.05, 0.1) is 23.9 Å². The van der Waals surface area contributed by atoms with E-state index >= 15 is 0 Å². The van der Waals surface area contributed by atoms with Crippen LogP contribution in [0.3, 0.4) is 0 Å². The first kappa shape index (κ1) is 12.9. The van der Waals surface area contributed by atoms with E-state index in [1.807, 2.05) is 0 Å². The van der Waals surface area contributed by atoms with Crippen LogP contribution in [0.25, 0.3) is 0 Å². The second-order valence-electron chi connectivity index (χ2n) is 2.95. The lowest BCUT2D eigenvalue weighted by atomic mass is 10.0. The minimum atomic E-state index is -4.60. The molecule has 1 rings (SSSR count). The molecular weight excluding hydrogens is 289 g/mol. The Morgan fingerprint density at radius 3 is 2.62 bits per heavy atom. The van der Waals surface area contributed by atoms with Crippen LogP contribution in [-0.2, 0) is 6.18 Å². The van der Waals surface area contributed by atoms with Crippen LogP contribution in [0.4, 0.5) is 13.2 Å². The lowest BCUT2D eigenvalue weighted by molar-refractivity contribution is -0.138. The molecule has 86 valence electrons. The predicted octanol–water partition coefficient (Wildman–Crippen LogP) is 2.46. The van der Waals surface area contributed by atoms with E-state index in [-0.39, 0.29) is 4.47 Å². The van der Waals surface area contributed by atoms with Gasteiger partial charge >= 0.3 is 6.18 Å². The number of pyridine rings is 1. The zero-order chi connectivity index (χ0) is 12.3. The van der Waals surface area contributed by atoms with Crippen molar-refractivity contribution in [3.8, 4) is 6.07 Å². The molecule has 1 unspecified atom stereocenters. The molecule has 0 aromatic carbocycles. The smallest absolute Gasteiger partial charge is 0.395 e. The van der Waals surface area contributed by atoms with Gasteiger partial charge in [-0.3, -0.25) is 4.98 Å². The van der Waals surface area contributed by atoms with Crippen molar-refractivity contribution in [1.82, 2.24) is 4.98 Å². The Morgan fingerprint density at radius 2 is 2.19 bits per heavy atom. The first-order valence-corrected chi connectivity index (χ1v) is 4.92. The van der Waals surface area contributed by atoms with Crippen molar-refractivity contribution < 1.29 is 18.3 Å². The fourth-order valence-electron chi connectivity index (χ4n) is 1.14. The molecule has 7 heteroatoms. The summed E-state index contributed by atoms with van der Waals surface area (Å²) >= 11 is 2.87. The van der Waals surface area contributed by atoms with Gasteiger partial charge in [-0.2, -0.15) is 18.4 Å². The van der Waals surface area contributed by atoms with Crippen LogP contribution in [0, 0.1) is 11.3 Å². The molecule has 0 aliphatic carbocycles. The summed E-state index contributed by atoms with van der Waals surface area (Å²) < 4.78 is 38.0. The number of hydrogen-bond acceptors (Lipinski definition) is 3. The molecule has 0 radical (unpaired) electrons. The quantitative estimate of drug-likeness (QED) is 0.911. The second kappa shape index (κ2) is 4.80. The van der Waals surface area contributed by atoms with Gasteiger partial charge in [0.15, 0.2) is 0 Å². The van der Waals surface area contributed by atoms with Gasteiger partial charge in [0.1, 0.15) is 5.92 Å². The highest BCUT2D eigenvalue weighted by Crippen LogP contribution is 2.35. The van der Waals surface area contributed by atoms with Crippen molar-refractivity contribution >= 4 is 15.9 Å². The minimum Gasteiger partial charge on any atom is -0.395 e. The van der Waals surface area contributed by atoms with Crippen LogP contribution in [-0.4, -0.2) is 16.7 Å². The molecule has 0 spiro atoms. The van der Waals surface area contributed by atoms with Crippen molar-refractivity contribution in [3.05, 3.63) is 28.0 Å². The first-order chi connectivity index (χ1) is 7.40. The number of nitrogens with zero attached hydrogens (tertiary/aromatic N) is 2. The molecular formula is C9H6BrF3N2O. The number of nitriles is 1. The van der Waals surface area contributed by atoms with Crippen LogP contribution < -0.4 is 0 Å². The van der Waals surface area contributed by atoms with E-state index in [4.69, 9.17) is 10.4 Å². The molecule has 0 aliphatic rings. The molecule has 1 aromatic rings. The Balaban J connectivity index is 3.35. The largest absolute Gasteiger partial charge is 0.418 e. The Morgan fingerprint density at radius 1 is 1.56 bits per heavy atom. The maximum absolute atomic E-state index is 12.6. The minimum absolute atomic E-state index is 0.165. The van der Waals surface area contributed by atoms with Crippen molar-refractivity contribution in [1.29, 1.82) is 5.26 Å². The summed E-state index contributed by atoms with van der Waals surface area (Å²) in [7, 11) is 0. The average Bonchev–Trinajstić information content (AvgIpc) is 2.20. The predicted molar refractivity (Wildman–Crippen MR) is 52.4 cm³/mol. The summed E-state index contributed by atoms with van der Waals surface area (Å²) in [4.78, 5) is 3.54. The molecule has 16 heavy (non-hydrogen) atoms. The van der Waals surface area contributed by atoms with Crippen LogP contribution in [0.2, 0.25) is 0 Å². The van der Waals surface area contributed by atoms with Gasteiger partial charge in [-0.15, -0.1) is 0 Å². The van der Waals surface area contributed by atoms with E-state index in [2.05, 4.69) is 20.9 Å². The maximum atomic E-state index is 12.6. The highest BCUT2D eigenvalue weighted by atomic mass is 79.9. The average molecular weight is 295 g/mol. The van der Waals surface area contributed by atoms with Crippen molar-refractivity contribution in [2.24, 2.45) is 0 Å². The lowest BCUT2D eigenvalue weighted by Gasteiger charge is -2.14. The van der Waals surface area contributed by atoms with Crippen molar-refractivity contribution in [2.45, 2.75) is 12.1 Å². The van der Waals surface area contributed by atoms with Crippen LogP contribution in [0.1, 0.15) is 17.2 Å². The standard InChI is InChI=1S/C9H6BrF3N2O/c10-6-1-7(9(11,12)13)8(15-3-6)5(2-14)4-16/h1,3,5,16H,4H2. The fourth-order valence-corrected chi connectivity index (χ4v) is 1.47. The molecule has 0 amide bonds. The van der Waals surface area contributed by atoms with Gasteiger partial charge in [-0.1, -0.05) is 0 Å². The number of alkyl halides is 3. The van der Waals surface area contributed by atoms with Gasteiger partial charge in [0.25, 0.3) is 0 Å². The number of rotatable bonds is 2. The maximum Gasteiger partial charge on any atom is 0.418 e. The van der Waals surface area contributed by atoms with Gasteiger partial charge in [0.2, 0.25) is 0 Å². The Kier molecular flexibility index (Phi) is 3.88. The zero-order valence-corrected chi connectivity index (χ0v) is 9.38. The SMILES string of the molecule is N#CC(CO)c1ncc(Br)cc1C(F)(F)F. The third kappa shape index (κ3) is 2.71. The van der Waals surface area contributed by atoms with E-state index < -0.39 is 30.0 Å². The molecule has 3 nitrogen and oxygen atoms in total. The Bertz CT molecular complexity index is 428. The summed E-state index contributed by atoms with van der Waals surface area (Å²) in [5, 5.41) is 17.4. The summed E-state index contributed by atoms with van der Waals surface area (Å²) in [5.41, 5.74) is -1.47. The molecule has 1 aromatic heterocycles. The number of hydrogen-bond donors (Lipinski definition) is 1. The lowest BCUT2D eigenvalue weighted by Crippen LogP contribution is -2.15. The normalized spacial score (nSPS) is 13.2. The van der Waals surface area contributed by atoms with Crippen molar-refractivity contribution in [3.63, 3.8) is 0 Å². The summed E-state index contributed by atoms with van der Waals surface area (Å²) in [6.07, 6.45) is -3.44. The van der Waals surface area contributed by atoms with Crippen LogP contribution in [0.5, 0.6) is 0 Å². The molecule has 1 N–H and O–H groups in total. The highest BCUT2D eigenvalue weighted by Gasteiger charge is 2.36. The van der Waals surface area contributed by atoms with Crippen LogP contribution >= 0.6 is 15.9 Å². The van der Waals surface area contributed by atoms with Gasteiger partial charge in [-0.25, -0.2) is 0 Å². The molecule has 1 heterocycles. The third-order valence-corrected chi connectivity index (χ3v) is 2.29. The van der Waals surface area contributed by atoms with Crippen LogP contribution in [0.15, 0.2) is 16.7 Å². The van der Waals surface area contributed by atoms with E-state index in [0.29, 0.717) is 0 Å². The third-order valence-electron chi connectivity index (χ3n) is 1.86. The van der Waals surface area contributed by atoms with E-state index in [9.17, 15) is 13.2 Å². The van der Waals surface area contributed by atoms with Gasteiger partial charge in [-0.05, 0) is 22.0 Å². The van der Waals surface area contributed by atoms with Crippen molar-refractivity contribution in [2.75, 3.05) is 6.61 Å². The molecule has 0 saturated carbocycles. The zero-order valence-electron chi connectivity index (χ0n) is 7.79. The number of aliphatic hydroxyl groups is 1. The molecule has 1 atom stereocenters. The summed E-state index contributed by atoms with van der Waals surface area (Å²) in [6.45, 7) is -0.700. The van der Waals surface area contributed by atoms with E-state index in [1.165, 1.54) is 0 Å². The number of halogens is 4. The second-order valence-corrected chi connectivity index (χ2v) is 3.86. The first-order valence-electron chi connectivity index (χ1n) is 4.13. The van der Waals surface area contributed by atoms with E-state index in [1.54, 1.807) is 6.07 Å². The summed E-state index contributed by atoms with van der Waals surface area (Å²) in [5.74, 6) is -1.27. The topological polar surface area (TPSA) is 56.9 Å². The fraction of sp³-hybridized carbons (Fsp3) is 0.333.